The van der Waals surface area contributed by atoms with Gasteiger partial charge in [-0.25, -0.2) is 0 Å². The molecule has 0 aromatic rings. The minimum Gasteiger partial charge on any atom is -0.393 e. The average molecular weight is 162 g/mol. The summed E-state index contributed by atoms with van der Waals surface area (Å²) in [5, 5.41) is 9.11. The van der Waals surface area contributed by atoms with E-state index >= 15 is 0 Å². The third-order valence-corrected chi connectivity index (χ3v) is 2.68. The molecule has 1 N–H and O–H groups in total. The highest BCUT2D eigenvalue weighted by Crippen LogP contribution is 2.11. The highest BCUT2D eigenvalue weighted by atomic mass is 32.2. The summed E-state index contributed by atoms with van der Waals surface area (Å²) in [6.07, 6.45) is 0.994. The van der Waals surface area contributed by atoms with Crippen LogP contribution in [-0.4, -0.2) is 22.7 Å². The van der Waals surface area contributed by atoms with Crippen molar-refractivity contribution in [3.8, 4) is 0 Å². The second-order valence-electron chi connectivity index (χ2n) is 2.70. The summed E-state index contributed by atoms with van der Waals surface area (Å²) in [4.78, 5) is 0. The molecular weight excluding hydrogens is 144 g/mol. The summed E-state index contributed by atoms with van der Waals surface area (Å²) in [6, 6.07) is 0. The van der Waals surface area contributed by atoms with Crippen molar-refractivity contribution in [2.45, 2.75) is 33.3 Å². The van der Waals surface area contributed by atoms with Gasteiger partial charge in [0.2, 0.25) is 0 Å². The number of aliphatic hydroxyl groups excluding tert-OH is 1. The molecule has 0 heterocycles. The zero-order valence-corrected chi connectivity index (χ0v) is 7.95. The Morgan fingerprint density at radius 3 is 2.40 bits per heavy atom. The maximum absolute atomic E-state index is 9.11. The minimum atomic E-state index is -0.141. The molecule has 2 atom stereocenters. The first-order valence-electron chi connectivity index (χ1n) is 3.94. The monoisotopic (exact) mass is 162 g/mol. The molecule has 0 saturated carbocycles. The van der Waals surface area contributed by atoms with Gasteiger partial charge in [-0.3, -0.25) is 0 Å². The van der Waals surface area contributed by atoms with Crippen molar-refractivity contribution >= 4 is 11.8 Å². The molecular formula is C8H18OS. The molecule has 2 unspecified atom stereocenters. The first-order chi connectivity index (χ1) is 4.68. The van der Waals surface area contributed by atoms with E-state index in [0.717, 1.165) is 6.42 Å². The van der Waals surface area contributed by atoms with E-state index < -0.39 is 0 Å². The highest BCUT2D eigenvalue weighted by molar-refractivity contribution is 7.99. The maximum Gasteiger partial charge on any atom is 0.0537 e. The van der Waals surface area contributed by atoms with Crippen LogP contribution in [0.5, 0.6) is 0 Å². The van der Waals surface area contributed by atoms with Crippen molar-refractivity contribution in [2.24, 2.45) is 5.92 Å². The lowest BCUT2D eigenvalue weighted by Gasteiger charge is -2.12. The fourth-order valence-corrected chi connectivity index (χ4v) is 1.48. The summed E-state index contributed by atoms with van der Waals surface area (Å²) in [6.45, 7) is 6.12. The number of rotatable bonds is 5. The van der Waals surface area contributed by atoms with Crippen LogP contribution in [0.2, 0.25) is 0 Å². The Labute approximate surface area is 68.2 Å². The van der Waals surface area contributed by atoms with Crippen LogP contribution in [0.25, 0.3) is 0 Å². The van der Waals surface area contributed by atoms with E-state index in [2.05, 4.69) is 13.8 Å². The topological polar surface area (TPSA) is 20.2 Å². The summed E-state index contributed by atoms with van der Waals surface area (Å²) >= 11 is 1.94. The van der Waals surface area contributed by atoms with Gasteiger partial charge in [0.15, 0.2) is 0 Å². The standard InChI is InChI=1S/C8H18OS/c1-4-10-6-5-7(2)8(3)9/h7-9H,4-6H2,1-3H3. The van der Waals surface area contributed by atoms with Crippen LogP contribution in [-0.2, 0) is 0 Å². The van der Waals surface area contributed by atoms with Gasteiger partial charge in [-0.2, -0.15) is 11.8 Å². The van der Waals surface area contributed by atoms with Crippen molar-refractivity contribution in [3.05, 3.63) is 0 Å². The Hall–Kier alpha value is 0.310. The normalized spacial score (nSPS) is 16.8. The minimum absolute atomic E-state index is 0.141. The molecule has 0 fully saturated rings. The third-order valence-electron chi connectivity index (χ3n) is 1.75. The van der Waals surface area contributed by atoms with Gasteiger partial charge in [0.05, 0.1) is 6.10 Å². The SMILES string of the molecule is CCSCCC(C)C(C)O. The maximum atomic E-state index is 9.11. The zero-order valence-electron chi connectivity index (χ0n) is 7.13. The number of thioether (sulfide) groups is 1. The van der Waals surface area contributed by atoms with Crippen LogP contribution >= 0.6 is 11.8 Å². The largest absolute Gasteiger partial charge is 0.393 e. The third kappa shape index (κ3) is 5.12. The van der Waals surface area contributed by atoms with Gasteiger partial charge in [-0.05, 0) is 30.8 Å². The van der Waals surface area contributed by atoms with E-state index in [0.29, 0.717) is 5.92 Å². The van der Waals surface area contributed by atoms with Crippen molar-refractivity contribution in [1.29, 1.82) is 0 Å². The Bertz CT molecular complexity index is 73.7. The molecule has 0 aliphatic rings. The quantitative estimate of drug-likeness (QED) is 0.625. The van der Waals surface area contributed by atoms with E-state index in [1.165, 1.54) is 11.5 Å². The van der Waals surface area contributed by atoms with Crippen molar-refractivity contribution in [3.63, 3.8) is 0 Å². The predicted molar refractivity (Wildman–Crippen MR) is 48.5 cm³/mol. The van der Waals surface area contributed by atoms with Crippen LogP contribution in [0.1, 0.15) is 27.2 Å². The van der Waals surface area contributed by atoms with E-state index in [9.17, 15) is 0 Å². The Morgan fingerprint density at radius 2 is 2.00 bits per heavy atom. The summed E-state index contributed by atoms with van der Waals surface area (Å²) < 4.78 is 0. The van der Waals surface area contributed by atoms with Gasteiger partial charge >= 0.3 is 0 Å². The fraction of sp³-hybridized carbons (Fsp3) is 1.00. The van der Waals surface area contributed by atoms with Crippen molar-refractivity contribution in [1.82, 2.24) is 0 Å². The van der Waals surface area contributed by atoms with Gasteiger partial charge in [0.25, 0.3) is 0 Å². The van der Waals surface area contributed by atoms with Crippen LogP contribution in [0.15, 0.2) is 0 Å². The van der Waals surface area contributed by atoms with Gasteiger partial charge in [-0.15, -0.1) is 0 Å². The van der Waals surface area contributed by atoms with Gasteiger partial charge in [0, 0.05) is 0 Å². The molecule has 0 aromatic carbocycles. The van der Waals surface area contributed by atoms with E-state index in [1.54, 1.807) is 0 Å². The molecule has 1 nitrogen and oxygen atoms in total. The second kappa shape index (κ2) is 6.05. The molecule has 10 heavy (non-hydrogen) atoms. The molecule has 0 amide bonds. The molecule has 0 aromatic heterocycles. The van der Waals surface area contributed by atoms with Gasteiger partial charge < -0.3 is 5.11 Å². The number of aliphatic hydroxyl groups is 1. The molecule has 0 spiro atoms. The Morgan fingerprint density at radius 1 is 1.40 bits per heavy atom. The van der Waals surface area contributed by atoms with Crippen molar-refractivity contribution < 1.29 is 5.11 Å². The molecule has 2 heteroatoms. The predicted octanol–water partition coefficient (Wildman–Crippen LogP) is 2.15. The molecule has 0 aliphatic heterocycles. The summed E-state index contributed by atoms with van der Waals surface area (Å²) in [5.41, 5.74) is 0. The molecule has 0 rings (SSSR count). The number of hydrogen-bond acceptors (Lipinski definition) is 2. The first kappa shape index (κ1) is 10.3. The van der Waals surface area contributed by atoms with Gasteiger partial charge in [0.1, 0.15) is 0 Å². The highest BCUT2D eigenvalue weighted by Gasteiger charge is 2.06. The molecule has 62 valence electrons. The lowest BCUT2D eigenvalue weighted by molar-refractivity contribution is 0.133. The lowest BCUT2D eigenvalue weighted by Crippen LogP contribution is -2.13. The molecule has 0 radical (unpaired) electrons. The van der Waals surface area contributed by atoms with E-state index in [4.69, 9.17) is 5.11 Å². The van der Waals surface area contributed by atoms with Crippen LogP contribution < -0.4 is 0 Å². The molecule has 0 bridgehead atoms. The molecule has 0 saturated heterocycles. The smallest absolute Gasteiger partial charge is 0.0537 e. The summed E-state index contributed by atoms with van der Waals surface area (Å²) in [5.74, 6) is 2.83. The van der Waals surface area contributed by atoms with E-state index in [-0.39, 0.29) is 6.10 Å². The van der Waals surface area contributed by atoms with Crippen LogP contribution in [0.4, 0.5) is 0 Å². The van der Waals surface area contributed by atoms with Crippen LogP contribution in [0, 0.1) is 5.92 Å². The number of hydrogen-bond donors (Lipinski definition) is 1. The molecule has 0 aliphatic carbocycles. The zero-order chi connectivity index (χ0) is 7.98. The summed E-state index contributed by atoms with van der Waals surface area (Å²) in [7, 11) is 0. The first-order valence-corrected chi connectivity index (χ1v) is 5.09. The Balaban J connectivity index is 3.13. The average Bonchev–Trinajstić information content (AvgIpc) is 1.88. The van der Waals surface area contributed by atoms with Crippen molar-refractivity contribution in [2.75, 3.05) is 11.5 Å². The van der Waals surface area contributed by atoms with Gasteiger partial charge in [-0.1, -0.05) is 13.8 Å². The lowest BCUT2D eigenvalue weighted by atomic mass is 10.0. The Kier molecular flexibility index (Phi) is 6.24. The van der Waals surface area contributed by atoms with Crippen LogP contribution in [0.3, 0.4) is 0 Å². The second-order valence-corrected chi connectivity index (χ2v) is 4.10. The fourth-order valence-electron chi connectivity index (χ4n) is 0.655. The van der Waals surface area contributed by atoms with E-state index in [1.807, 2.05) is 18.7 Å².